The van der Waals surface area contributed by atoms with Crippen molar-refractivity contribution in [3.63, 3.8) is 0 Å². The number of nitrogens with one attached hydrogen (secondary N) is 2. The molecule has 1 aliphatic carbocycles. The standard InChI is InChI=1S/C19H29N3O2/c1-22(17-8-3-2-4-9-17)13-15-7-5-6-10-18(15)21-19(23)20-16-11-12-24-14-16/h5-7,10,16-17H,2-4,8-9,11-14H2,1H3,(H2,20,21,23)/t16-/m0/s1. The minimum Gasteiger partial charge on any atom is -0.379 e. The Labute approximate surface area is 144 Å². The highest BCUT2D eigenvalue weighted by Gasteiger charge is 2.20. The van der Waals surface area contributed by atoms with Gasteiger partial charge in [-0.2, -0.15) is 0 Å². The predicted molar refractivity (Wildman–Crippen MR) is 96.2 cm³/mol. The van der Waals surface area contributed by atoms with Crippen molar-refractivity contribution in [2.75, 3.05) is 25.6 Å². The molecule has 0 radical (unpaired) electrons. The topological polar surface area (TPSA) is 53.6 Å². The average Bonchev–Trinajstić information content (AvgIpc) is 3.10. The van der Waals surface area contributed by atoms with Crippen LogP contribution in [0.25, 0.3) is 0 Å². The summed E-state index contributed by atoms with van der Waals surface area (Å²) < 4.78 is 5.30. The van der Waals surface area contributed by atoms with Crippen LogP contribution in [0.4, 0.5) is 10.5 Å². The molecular weight excluding hydrogens is 302 g/mol. The summed E-state index contributed by atoms with van der Waals surface area (Å²) >= 11 is 0. The molecular formula is C19H29N3O2. The molecule has 1 heterocycles. The first-order valence-electron chi connectivity index (χ1n) is 9.16. The van der Waals surface area contributed by atoms with E-state index >= 15 is 0 Å². The highest BCUT2D eigenvalue weighted by Crippen LogP contribution is 2.24. The first kappa shape index (κ1) is 17.2. The molecule has 1 aromatic rings. The van der Waals surface area contributed by atoms with Gasteiger partial charge in [0.25, 0.3) is 0 Å². The van der Waals surface area contributed by atoms with Gasteiger partial charge in [-0.25, -0.2) is 4.79 Å². The van der Waals surface area contributed by atoms with Gasteiger partial charge in [-0.15, -0.1) is 0 Å². The van der Waals surface area contributed by atoms with E-state index in [0.717, 1.165) is 25.3 Å². The Morgan fingerprint density at radius 1 is 1.21 bits per heavy atom. The molecule has 0 aromatic heterocycles. The lowest BCUT2D eigenvalue weighted by molar-refractivity contribution is 0.185. The molecule has 1 atom stereocenters. The second kappa shape index (κ2) is 8.49. The third-order valence-electron chi connectivity index (χ3n) is 5.15. The number of ether oxygens (including phenoxy) is 1. The largest absolute Gasteiger partial charge is 0.379 e. The number of para-hydroxylation sites is 1. The summed E-state index contributed by atoms with van der Waals surface area (Å²) in [7, 11) is 2.20. The molecule has 1 aliphatic heterocycles. The van der Waals surface area contributed by atoms with Crippen LogP contribution in [-0.4, -0.2) is 43.3 Å². The molecule has 0 unspecified atom stereocenters. The van der Waals surface area contributed by atoms with Crippen molar-refractivity contribution in [1.82, 2.24) is 10.2 Å². The molecule has 5 nitrogen and oxygen atoms in total. The van der Waals surface area contributed by atoms with E-state index in [9.17, 15) is 4.79 Å². The zero-order chi connectivity index (χ0) is 16.8. The van der Waals surface area contributed by atoms with E-state index < -0.39 is 0 Å². The Hall–Kier alpha value is -1.59. The van der Waals surface area contributed by atoms with E-state index in [4.69, 9.17) is 4.74 Å². The number of amides is 2. The van der Waals surface area contributed by atoms with Crippen molar-refractivity contribution >= 4 is 11.7 Å². The summed E-state index contributed by atoms with van der Waals surface area (Å²) in [6.07, 6.45) is 7.50. The van der Waals surface area contributed by atoms with Crippen LogP contribution in [0.15, 0.2) is 24.3 Å². The molecule has 0 bridgehead atoms. The fraction of sp³-hybridized carbons (Fsp3) is 0.632. The highest BCUT2D eigenvalue weighted by atomic mass is 16.5. The number of carbonyl (C=O) groups is 1. The number of hydrogen-bond acceptors (Lipinski definition) is 3. The van der Waals surface area contributed by atoms with Crippen molar-refractivity contribution in [2.24, 2.45) is 0 Å². The molecule has 2 fully saturated rings. The fourth-order valence-corrected chi connectivity index (χ4v) is 3.69. The van der Waals surface area contributed by atoms with E-state index in [1.807, 2.05) is 18.2 Å². The Morgan fingerprint density at radius 3 is 2.75 bits per heavy atom. The second-order valence-corrected chi connectivity index (χ2v) is 7.02. The third-order valence-corrected chi connectivity index (χ3v) is 5.15. The molecule has 0 spiro atoms. The van der Waals surface area contributed by atoms with Crippen molar-refractivity contribution in [1.29, 1.82) is 0 Å². The number of hydrogen-bond donors (Lipinski definition) is 2. The van der Waals surface area contributed by atoms with Gasteiger partial charge in [0.05, 0.1) is 12.6 Å². The lowest BCUT2D eigenvalue weighted by atomic mass is 9.94. The van der Waals surface area contributed by atoms with Crippen molar-refractivity contribution in [3.05, 3.63) is 29.8 Å². The predicted octanol–water partition coefficient (Wildman–Crippen LogP) is 3.36. The van der Waals surface area contributed by atoms with Crippen LogP contribution in [0, 0.1) is 0 Å². The Kier molecular flexibility index (Phi) is 6.10. The molecule has 1 saturated carbocycles. The van der Waals surface area contributed by atoms with Crippen molar-refractivity contribution in [2.45, 2.75) is 57.2 Å². The van der Waals surface area contributed by atoms with E-state index in [1.54, 1.807) is 0 Å². The minimum atomic E-state index is -0.140. The van der Waals surface area contributed by atoms with E-state index in [-0.39, 0.29) is 12.1 Å². The van der Waals surface area contributed by atoms with E-state index in [0.29, 0.717) is 12.6 Å². The molecule has 2 amide bonds. The first-order valence-corrected chi connectivity index (χ1v) is 9.16. The average molecular weight is 331 g/mol. The molecule has 132 valence electrons. The van der Waals surface area contributed by atoms with Crippen molar-refractivity contribution in [3.8, 4) is 0 Å². The number of carbonyl (C=O) groups excluding carboxylic acids is 1. The SMILES string of the molecule is CN(Cc1ccccc1NC(=O)N[C@H]1CCOC1)C1CCCCC1. The summed E-state index contributed by atoms with van der Waals surface area (Å²) in [5.74, 6) is 0. The Balaban J connectivity index is 1.58. The van der Waals surface area contributed by atoms with Gasteiger partial charge < -0.3 is 15.4 Å². The quantitative estimate of drug-likeness (QED) is 0.870. The number of nitrogens with zero attached hydrogens (tertiary/aromatic N) is 1. The normalized spacial score (nSPS) is 21.8. The number of urea groups is 1. The summed E-state index contributed by atoms with van der Waals surface area (Å²) in [5.41, 5.74) is 2.07. The molecule has 3 rings (SSSR count). The third kappa shape index (κ3) is 4.71. The van der Waals surface area contributed by atoms with Gasteiger partial charge in [-0.3, -0.25) is 4.90 Å². The zero-order valence-electron chi connectivity index (χ0n) is 14.6. The molecule has 5 heteroatoms. The summed E-state index contributed by atoms with van der Waals surface area (Å²) in [6.45, 7) is 2.21. The van der Waals surface area contributed by atoms with Gasteiger partial charge in [0.15, 0.2) is 0 Å². The summed E-state index contributed by atoms with van der Waals surface area (Å²) in [6, 6.07) is 8.75. The van der Waals surface area contributed by atoms with Crippen LogP contribution in [-0.2, 0) is 11.3 Å². The smallest absolute Gasteiger partial charge is 0.319 e. The molecule has 2 N–H and O–H groups in total. The molecule has 24 heavy (non-hydrogen) atoms. The molecule has 1 aromatic carbocycles. The highest BCUT2D eigenvalue weighted by molar-refractivity contribution is 5.90. The van der Waals surface area contributed by atoms with Crippen LogP contribution < -0.4 is 10.6 Å². The maximum atomic E-state index is 12.2. The number of rotatable bonds is 5. The zero-order valence-corrected chi connectivity index (χ0v) is 14.6. The minimum absolute atomic E-state index is 0.127. The van der Waals surface area contributed by atoms with Crippen LogP contribution in [0.1, 0.15) is 44.1 Å². The Morgan fingerprint density at radius 2 is 2.00 bits per heavy atom. The van der Waals surface area contributed by atoms with Gasteiger partial charge in [-0.05, 0) is 37.9 Å². The summed E-state index contributed by atoms with van der Waals surface area (Å²) in [4.78, 5) is 14.6. The molecule has 2 aliphatic rings. The van der Waals surface area contributed by atoms with Crippen LogP contribution in [0.3, 0.4) is 0 Å². The second-order valence-electron chi connectivity index (χ2n) is 7.02. The maximum Gasteiger partial charge on any atom is 0.319 e. The van der Waals surface area contributed by atoms with Gasteiger partial charge in [0, 0.05) is 24.9 Å². The van der Waals surface area contributed by atoms with Gasteiger partial charge >= 0.3 is 6.03 Å². The number of anilines is 1. The first-order chi connectivity index (χ1) is 11.7. The van der Waals surface area contributed by atoms with Crippen LogP contribution >= 0.6 is 0 Å². The lowest BCUT2D eigenvalue weighted by Gasteiger charge is -2.31. The fourth-order valence-electron chi connectivity index (χ4n) is 3.69. The summed E-state index contributed by atoms with van der Waals surface area (Å²) in [5, 5.41) is 6.00. The van der Waals surface area contributed by atoms with Gasteiger partial charge in [0.1, 0.15) is 0 Å². The lowest BCUT2D eigenvalue weighted by Crippen LogP contribution is -2.38. The van der Waals surface area contributed by atoms with Crippen LogP contribution in [0.2, 0.25) is 0 Å². The monoisotopic (exact) mass is 331 g/mol. The van der Waals surface area contributed by atoms with Gasteiger partial charge in [0.2, 0.25) is 0 Å². The Bertz CT molecular complexity index is 537. The van der Waals surface area contributed by atoms with E-state index in [1.165, 1.54) is 37.7 Å². The van der Waals surface area contributed by atoms with Crippen molar-refractivity contribution < 1.29 is 9.53 Å². The maximum absolute atomic E-state index is 12.2. The number of benzene rings is 1. The molecule has 1 saturated heterocycles. The van der Waals surface area contributed by atoms with Gasteiger partial charge in [-0.1, -0.05) is 37.5 Å². The van der Waals surface area contributed by atoms with Crippen LogP contribution in [0.5, 0.6) is 0 Å². The van der Waals surface area contributed by atoms with E-state index in [2.05, 4.69) is 28.6 Å².